The summed E-state index contributed by atoms with van der Waals surface area (Å²) in [6, 6.07) is 23.7. The highest BCUT2D eigenvalue weighted by Crippen LogP contribution is 2.28. The van der Waals surface area contributed by atoms with E-state index in [9.17, 15) is 13.2 Å². The van der Waals surface area contributed by atoms with Crippen LogP contribution in [0.5, 0.6) is 0 Å². The fraction of sp³-hybridized carbons (Fsp3) is 0.240. The monoisotopic (exact) mass is 449 g/mol. The first kappa shape index (κ1) is 22.0. The molecule has 0 radical (unpaired) electrons. The minimum atomic E-state index is -3.46. The van der Waals surface area contributed by atoms with Crippen LogP contribution in [0.25, 0.3) is 11.1 Å². The Morgan fingerprint density at radius 1 is 0.875 bits per heavy atom. The highest BCUT2D eigenvalue weighted by atomic mass is 32.2. The number of para-hydroxylation sites is 1. The quantitative estimate of drug-likeness (QED) is 0.554. The van der Waals surface area contributed by atoms with E-state index in [4.69, 9.17) is 0 Å². The first-order chi connectivity index (χ1) is 15.4. The van der Waals surface area contributed by atoms with Gasteiger partial charge in [0.1, 0.15) is 6.04 Å². The van der Waals surface area contributed by atoms with Gasteiger partial charge in [-0.25, -0.2) is 8.42 Å². The molecule has 7 heteroatoms. The van der Waals surface area contributed by atoms with E-state index < -0.39 is 16.1 Å². The number of hydrogen-bond donors (Lipinski definition) is 2. The highest BCUT2D eigenvalue weighted by Gasteiger charge is 2.27. The van der Waals surface area contributed by atoms with Crippen LogP contribution in [0, 0.1) is 0 Å². The average molecular weight is 450 g/mol. The van der Waals surface area contributed by atoms with Gasteiger partial charge in [-0.2, -0.15) is 4.31 Å². The Hall–Kier alpha value is -3.16. The van der Waals surface area contributed by atoms with Gasteiger partial charge in [-0.3, -0.25) is 4.79 Å². The second-order valence-electron chi connectivity index (χ2n) is 7.90. The summed E-state index contributed by atoms with van der Waals surface area (Å²) >= 11 is 0. The third-order valence-corrected chi connectivity index (χ3v) is 7.51. The van der Waals surface area contributed by atoms with Crippen molar-refractivity contribution >= 4 is 27.3 Å². The summed E-state index contributed by atoms with van der Waals surface area (Å²) in [4.78, 5) is 13.0. The van der Waals surface area contributed by atoms with Crippen molar-refractivity contribution in [2.75, 3.05) is 23.7 Å². The fourth-order valence-corrected chi connectivity index (χ4v) is 5.33. The molecule has 0 saturated carbocycles. The lowest BCUT2D eigenvalue weighted by Crippen LogP contribution is -2.32. The molecule has 0 bridgehead atoms. The van der Waals surface area contributed by atoms with Crippen molar-refractivity contribution < 1.29 is 13.2 Å². The van der Waals surface area contributed by atoms with Gasteiger partial charge in [-0.15, -0.1) is 0 Å². The van der Waals surface area contributed by atoms with Crippen molar-refractivity contribution in [1.82, 2.24) is 4.31 Å². The predicted molar refractivity (Wildman–Crippen MR) is 128 cm³/mol. The number of anilines is 2. The molecule has 6 nitrogen and oxygen atoms in total. The molecule has 3 aromatic carbocycles. The number of carbonyl (C=O) groups excluding carboxylic acids is 1. The molecule has 1 aliphatic rings. The molecule has 32 heavy (non-hydrogen) atoms. The van der Waals surface area contributed by atoms with E-state index in [-0.39, 0.29) is 10.8 Å². The summed E-state index contributed by atoms with van der Waals surface area (Å²) in [5.74, 6) is -0.206. The van der Waals surface area contributed by atoms with Crippen molar-refractivity contribution in [2.24, 2.45) is 0 Å². The Labute approximate surface area is 189 Å². The van der Waals surface area contributed by atoms with Crippen molar-refractivity contribution in [3.63, 3.8) is 0 Å². The van der Waals surface area contributed by atoms with E-state index in [1.54, 1.807) is 31.2 Å². The third kappa shape index (κ3) is 4.84. The molecule has 1 saturated heterocycles. The van der Waals surface area contributed by atoms with E-state index >= 15 is 0 Å². The van der Waals surface area contributed by atoms with Crippen LogP contribution in [0.4, 0.5) is 11.4 Å². The number of rotatable bonds is 7. The van der Waals surface area contributed by atoms with Crippen LogP contribution in [0.3, 0.4) is 0 Å². The molecule has 1 aliphatic heterocycles. The molecule has 0 aromatic heterocycles. The predicted octanol–water partition coefficient (Wildman–Crippen LogP) is 4.58. The number of carbonyl (C=O) groups is 1. The minimum absolute atomic E-state index is 0.206. The molecule has 1 atom stereocenters. The third-order valence-electron chi connectivity index (χ3n) is 5.60. The van der Waals surface area contributed by atoms with Gasteiger partial charge in [-0.05, 0) is 55.7 Å². The van der Waals surface area contributed by atoms with Crippen LogP contribution in [-0.4, -0.2) is 37.8 Å². The van der Waals surface area contributed by atoms with Crippen LogP contribution in [0.2, 0.25) is 0 Å². The van der Waals surface area contributed by atoms with E-state index in [1.807, 2.05) is 54.6 Å². The van der Waals surface area contributed by atoms with E-state index in [0.29, 0.717) is 18.8 Å². The van der Waals surface area contributed by atoms with Crippen LogP contribution in [0.15, 0.2) is 83.8 Å². The Kier molecular flexibility index (Phi) is 6.58. The highest BCUT2D eigenvalue weighted by molar-refractivity contribution is 7.89. The molecule has 1 amide bonds. The van der Waals surface area contributed by atoms with Crippen molar-refractivity contribution in [1.29, 1.82) is 0 Å². The van der Waals surface area contributed by atoms with Crippen molar-refractivity contribution in [3.8, 4) is 11.1 Å². The van der Waals surface area contributed by atoms with Gasteiger partial charge < -0.3 is 10.6 Å². The lowest BCUT2D eigenvalue weighted by molar-refractivity contribution is -0.116. The van der Waals surface area contributed by atoms with Gasteiger partial charge in [-0.1, -0.05) is 48.5 Å². The summed E-state index contributed by atoms with van der Waals surface area (Å²) < 4.78 is 26.8. The van der Waals surface area contributed by atoms with Gasteiger partial charge in [0, 0.05) is 30.0 Å². The van der Waals surface area contributed by atoms with Gasteiger partial charge >= 0.3 is 0 Å². The smallest absolute Gasteiger partial charge is 0.246 e. The topological polar surface area (TPSA) is 78.5 Å². The molecule has 166 valence electrons. The molecule has 2 N–H and O–H groups in total. The lowest BCUT2D eigenvalue weighted by atomic mass is 10.0. The van der Waals surface area contributed by atoms with Gasteiger partial charge in [0.15, 0.2) is 0 Å². The number of amides is 1. The standard InChI is InChI=1S/C25H27N3O3S/c1-19(26-24-12-6-5-11-23(24)20-9-3-2-4-10-20)25(29)27-21-13-15-22(16-14-21)32(30,31)28-17-7-8-18-28/h2-6,9-16,19,26H,7-8,17-18H2,1H3,(H,27,29)/t19-/m1/s1. The van der Waals surface area contributed by atoms with E-state index in [0.717, 1.165) is 29.7 Å². The fourth-order valence-electron chi connectivity index (χ4n) is 3.82. The van der Waals surface area contributed by atoms with Crippen molar-refractivity contribution in [2.45, 2.75) is 30.7 Å². The maximum atomic E-state index is 12.8. The van der Waals surface area contributed by atoms with Crippen LogP contribution in [0.1, 0.15) is 19.8 Å². The summed E-state index contributed by atoms with van der Waals surface area (Å²) in [6.07, 6.45) is 1.79. The molecule has 0 spiro atoms. The number of hydrogen-bond acceptors (Lipinski definition) is 4. The van der Waals surface area contributed by atoms with Gasteiger partial charge in [0.05, 0.1) is 4.90 Å². The molecule has 0 aliphatic carbocycles. The summed E-state index contributed by atoms with van der Waals surface area (Å²) in [7, 11) is -3.46. The molecular formula is C25H27N3O3S. The Morgan fingerprint density at radius 2 is 1.50 bits per heavy atom. The van der Waals surface area contributed by atoms with E-state index in [1.165, 1.54) is 4.31 Å². The SMILES string of the molecule is C[C@@H](Nc1ccccc1-c1ccccc1)C(=O)Nc1ccc(S(=O)(=O)N2CCCC2)cc1. The summed E-state index contributed by atoms with van der Waals surface area (Å²) in [5.41, 5.74) is 3.51. The van der Waals surface area contributed by atoms with Crippen LogP contribution < -0.4 is 10.6 Å². The zero-order valence-electron chi connectivity index (χ0n) is 18.0. The summed E-state index contributed by atoms with van der Waals surface area (Å²) in [5, 5.41) is 6.15. The molecule has 4 rings (SSSR count). The van der Waals surface area contributed by atoms with Gasteiger partial charge in [0.2, 0.25) is 15.9 Å². The Bertz CT molecular complexity index is 1170. The second kappa shape index (κ2) is 9.54. The zero-order valence-corrected chi connectivity index (χ0v) is 18.8. The number of nitrogens with one attached hydrogen (secondary N) is 2. The summed E-state index contributed by atoms with van der Waals surface area (Å²) in [6.45, 7) is 2.92. The maximum Gasteiger partial charge on any atom is 0.246 e. The average Bonchev–Trinajstić information content (AvgIpc) is 3.36. The molecule has 1 heterocycles. The Balaban J connectivity index is 1.43. The normalized spacial score (nSPS) is 15.3. The minimum Gasteiger partial charge on any atom is -0.373 e. The van der Waals surface area contributed by atoms with Gasteiger partial charge in [0.25, 0.3) is 0 Å². The first-order valence-corrected chi connectivity index (χ1v) is 12.2. The first-order valence-electron chi connectivity index (χ1n) is 10.8. The molecule has 0 unspecified atom stereocenters. The zero-order chi connectivity index (χ0) is 22.6. The molecular weight excluding hydrogens is 422 g/mol. The maximum absolute atomic E-state index is 12.8. The van der Waals surface area contributed by atoms with Crippen LogP contribution >= 0.6 is 0 Å². The second-order valence-corrected chi connectivity index (χ2v) is 9.84. The number of nitrogens with zero attached hydrogens (tertiary/aromatic N) is 1. The van der Waals surface area contributed by atoms with E-state index in [2.05, 4.69) is 10.6 Å². The molecule has 1 fully saturated rings. The van der Waals surface area contributed by atoms with Crippen LogP contribution in [-0.2, 0) is 14.8 Å². The van der Waals surface area contributed by atoms with Crippen molar-refractivity contribution in [3.05, 3.63) is 78.9 Å². The number of benzene rings is 3. The Morgan fingerprint density at radius 3 is 2.19 bits per heavy atom. The largest absolute Gasteiger partial charge is 0.373 e. The number of sulfonamides is 1. The lowest BCUT2D eigenvalue weighted by Gasteiger charge is -2.19. The molecule has 3 aromatic rings.